The van der Waals surface area contributed by atoms with Gasteiger partial charge in [0.2, 0.25) is 0 Å². The molecule has 0 radical (unpaired) electrons. The molecule has 0 amide bonds. The highest BCUT2D eigenvalue weighted by atomic mass is 16.5. The van der Waals surface area contributed by atoms with Crippen molar-refractivity contribution in [3.8, 4) is 5.75 Å². The zero-order valence-corrected chi connectivity index (χ0v) is 8.64. The van der Waals surface area contributed by atoms with Gasteiger partial charge in [-0.1, -0.05) is 36.9 Å². The minimum atomic E-state index is -0.512. The Hall–Kier alpha value is -2.29. The molecule has 2 N–H and O–H groups in total. The van der Waals surface area contributed by atoms with Gasteiger partial charge in [0.1, 0.15) is 0 Å². The van der Waals surface area contributed by atoms with Gasteiger partial charge in [0.15, 0.2) is 5.75 Å². The van der Waals surface area contributed by atoms with Crippen molar-refractivity contribution >= 4 is 22.4 Å². The Balaban J connectivity index is 2.52. The molecule has 0 aliphatic carbocycles. The molecule has 0 bridgehead atoms. The van der Waals surface area contributed by atoms with Crippen LogP contribution in [0.15, 0.2) is 49.1 Å². The van der Waals surface area contributed by atoms with Gasteiger partial charge in [-0.3, -0.25) is 0 Å². The van der Waals surface area contributed by atoms with E-state index < -0.39 is 5.97 Å². The van der Waals surface area contributed by atoms with Gasteiger partial charge in [-0.2, -0.15) is 0 Å². The molecule has 0 aliphatic heterocycles. The molecule has 0 fully saturated rings. The Morgan fingerprint density at radius 2 is 2.00 bits per heavy atom. The second-order valence-electron chi connectivity index (χ2n) is 3.32. The van der Waals surface area contributed by atoms with Crippen molar-refractivity contribution in [2.45, 2.75) is 0 Å². The predicted molar refractivity (Wildman–Crippen MR) is 64.2 cm³/mol. The maximum atomic E-state index is 11.1. The number of benzene rings is 2. The van der Waals surface area contributed by atoms with Gasteiger partial charge >= 0.3 is 5.97 Å². The van der Waals surface area contributed by atoms with Gasteiger partial charge in [-0.25, -0.2) is 4.79 Å². The maximum Gasteiger partial charge on any atom is 0.335 e. The lowest BCUT2D eigenvalue weighted by molar-refractivity contribution is -0.128. The quantitative estimate of drug-likeness (QED) is 0.361. The molecular formula is C13H11NO2. The van der Waals surface area contributed by atoms with Crippen molar-refractivity contribution in [3.63, 3.8) is 0 Å². The summed E-state index contributed by atoms with van der Waals surface area (Å²) in [5.74, 6) is -0.148. The predicted octanol–water partition coefficient (Wildman–Crippen LogP) is 2.51. The molecule has 0 aromatic heterocycles. The summed E-state index contributed by atoms with van der Waals surface area (Å²) >= 11 is 0. The van der Waals surface area contributed by atoms with Crippen LogP contribution in [0.25, 0.3) is 10.8 Å². The number of esters is 1. The molecule has 0 saturated carbocycles. The molecule has 0 aliphatic rings. The zero-order chi connectivity index (χ0) is 11.5. The Bertz CT molecular complexity index is 561. The van der Waals surface area contributed by atoms with Crippen LogP contribution in [-0.4, -0.2) is 5.97 Å². The largest absolute Gasteiger partial charge is 0.421 e. The molecule has 3 heteroatoms. The molecule has 2 aromatic rings. The van der Waals surface area contributed by atoms with Gasteiger partial charge in [0.05, 0.1) is 5.69 Å². The first-order valence-corrected chi connectivity index (χ1v) is 4.84. The normalized spacial score (nSPS) is 10.0. The first kappa shape index (κ1) is 10.2. The van der Waals surface area contributed by atoms with Crippen LogP contribution >= 0.6 is 0 Å². The van der Waals surface area contributed by atoms with Gasteiger partial charge < -0.3 is 10.5 Å². The van der Waals surface area contributed by atoms with Crippen LogP contribution in [0.1, 0.15) is 0 Å². The van der Waals surface area contributed by atoms with Crippen LogP contribution in [0.3, 0.4) is 0 Å². The molecule has 0 heterocycles. The van der Waals surface area contributed by atoms with E-state index in [4.69, 9.17) is 10.5 Å². The summed E-state index contributed by atoms with van der Waals surface area (Å²) in [5.41, 5.74) is 6.38. The van der Waals surface area contributed by atoms with E-state index in [1.807, 2.05) is 30.3 Å². The summed E-state index contributed by atoms with van der Waals surface area (Å²) in [6, 6.07) is 11.2. The highest BCUT2D eigenvalue weighted by Crippen LogP contribution is 2.30. The van der Waals surface area contributed by atoms with Crippen molar-refractivity contribution in [3.05, 3.63) is 49.1 Å². The molecule has 2 aromatic carbocycles. The van der Waals surface area contributed by atoms with E-state index in [1.165, 1.54) is 0 Å². The second kappa shape index (κ2) is 4.06. The third kappa shape index (κ3) is 1.75. The number of fused-ring (bicyclic) bond motifs is 1. The van der Waals surface area contributed by atoms with Crippen LogP contribution in [0.2, 0.25) is 0 Å². The van der Waals surface area contributed by atoms with Crippen molar-refractivity contribution < 1.29 is 9.53 Å². The number of carbonyl (C=O) groups excluding carboxylic acids is 1. The zero-order valence-electron chi connectivity index (χ0n) is 8.64. The van der Waals surface area contributed by atoms with E-state index in [-0.39, 0.29) is 0 Å². The number of hydrogen-bond acceptors (Lipinski definition) is 3. The van der Waals surface area contributed by atoms with Crippen molar-refractivity contribution in [1.29, 1.82) is 0 Å². The Kier molecular flexibility index (Phi) is 2.60. The van der Waals surface area contributed by atoms with Crippen molar-refractivity contribution in [2.24, 2.45) is 0 Å². The fraction of sp³-hybridized carbons (Fsp3) is 0. The highest BCUT2D eigenvalue weighted by molar-refractivity contribution is 5.97. The Labute approximate surface area is 93.1 Å². The topological polar surface area (TPSA) is 52.3 Å². The molecule has 0 saturated heterocycles. The number of nitrogen functional groups attached to an aromatic ring is 1. The van der Waals surface area contributed by atoms with E-state index in [0.717, 1.165) is 16.8 Å². The molecule has 80 valence electrons. The number of ether oxygens (including phenoxy) is 1. The van der Waals surface area contributed by atoms with E-state index in [1.54, 1.807) is 6.07 Å². The van der Waals surface area contributed by atoms with Gasteiger partial charge in [-0.15, -0.1) is 0 Å². The molecule has 2 rings (SSSR count). The second-order valence-corrected chi connectivity index (χ2v) is 3.32. The third-order valence-corrected chi connectivity index (χ3v) is 2.31. The average molecular weight is 213 g/mol. The first-order valence-electron chi connectivity index (χ1n) is 4.84. The maximum absolute atomic E-state index is 11.1. The fourth-order valence-corrected chi connectivity index (χ4v) is 1.51. The lowest BCUT2D eigenvalue weighted by Gasteiger charge is -2.08. The molecule has 0 atom stereocenters. The summed E-state index contributed by atoms with van der Waals surface area (Å²) in [7, 11) is 0. The minimum absolute atomic E-state index is 0.364. The Morgan fingerprint density at radius 1 is 1.25 bits per heavy atom. The monoisotopic (exact) mass is 213 g/mol. The molecule has 16 heavy (non-hydrogen) atoms. The lowest BCUT2D eigenvalue weighted by atomic mass is 10.1. The van der Waals surface area contributed by atoms with Crippen LogP contribution in [0.4, 0.5) is 5.69 Å². The van der Waals surface area contributed by atoms with Crippen LogP contribution in [0, 0.1) is 0 Å². The van der Waals surface area contributed by atoms with Crippen molar-refractivity contribution in [1.82, 2.24) is 0 Å². The fourth-order valence-electron chi connectivity index (χ4n) is 1.51. The minimum Gasteiger partial charge on any atom is -0.421 e. The third-order valence-electron chi connectivity index (χ3n) is 2.31. The first-order chi connectivity index (χ1) is 7.72. The van der Waals surface area contributed by atoms with E-state index in [0.29, 0.717) is 11.4 Å². The number of anilines is 1. The van der Waals surface area contributed by atoms with Gasteiger partial charge in [0.25, 0.3) is 0 Å². The highest BCUT2D eigenvalue weighted by Gasteiger charge is 2.07. The number of hydrogen-bond donors (Lipinski definition) is 1. The van der Waals surface area contributed by atoms with Crippen LogP contribution in [0.5, 0.6) is 5.75 Å². The molecule has 3 nitrogen and oxygen atoms in total. The van der Waals surface area contributed by atoms with Crippen LogP contribution < -0.4 is 10.5 Å². The smallest absolute Gasteiger partial charge is 0.335 e. The molecular weight excluding hydrogens is 202 g/mol. The Morgan fingerprint density at radius 3 is 2.75 bits per heavy atom. The van der Waals surface area contributed by atoms with E-state index >= 15 is 0 Å². The van der Waals surface area contributed by atoms with Crippen LogP contribution in [-0.2, 0) is 4.79 Å². The average Bonchev–Trinajstić information content (AvgIpc) is 2.33. The SMILES string of the molecule is C=CC(=O)Oc1ccc2ccccc2c1N. The lowest BCUT2D eigenvalue weighted by Crippen LogP contribution is -2.05. The number of nitrogens with two attached hydrogens (primary N) is 1. The summed E-state index contributed by atoms with van der Waals surface area (Å²) in [6.07, 6.45) is 1.11. The standard InChI is InChI=1S/C13H11NO2/c1-2-12(15)16-11-8-7-9-5-3-4-6-10(9)13(11)14/h2-8H,1,14H2. The number of rotatable bonds is 2. The van der Waals surface area contributed by atoms with E-state index in [2.05, 4.69) is 6.58 Å². The summed E-state index contributed by atoms with van der Waals surface area (Å²) in [5, 5.41) is 1.88. The number of carbonyl (C=O) groups is 1. The van der Waals surface area contributed by atoms with Crippen molar-refractivity contribution in [2.75, 3.05) is 5.73 Å². The van der Waals surface area contributed by atoms with Gasteiger partial charge in [-0.05, 0) is 11.5 Å². The summed E-state index contributed by atoms with van der Waals surface area (Å²) in [6.45, 7) is 3.33. The van der Waals surface area contributed by atoms with E-state index in [9.17, 15) is 4.79 Å². The molecule has 0 unspecified atom stereocenters. The molecule has 0 spiro atoms. The van der Waals surface area contributed by atoms with Gasteiger partial charge in [0, 0.05) is 11.5 Å². The summed E-state index contributed by atoms with van der Waals surface area (Å²) < 4.78 is 5.02. The summed E-state index contributed by atoms with van der Waals surface area (Å²) in [4.78, 5) is 11.1.